The topological polar surface area (TPSA) is 67.3 Å². The van der Waals surface area contributed by atoms with Gasteiger partial charge in [-0.1, -0.05) is 12.1 Å². The van der Waals surface area contributed by atoms with Gasteiger partial charge in [-0.05, 0) is 43.5 Å². The monoisotopic (exact) mass is 344 g/mol. The van der Waals surface area contributed by atoms with Gasteiger partial charge in [0.2, 0.25) is 5.91 Å². The number of nitrogens with zero attached hydrogens (tertiary/aromatic N) is 2. The predicted octanol–water partition coefficient (Wildman–Crippen LogP) is 2.84. The summed E-state index contributed by atoms with van der Waals surface area (Å²) in [7, 11) is -3.20. The lowest BCUT2D eigenvalue weighted by Crippen LogP contribution is -2.40. The standard InChI is InChI=1S/C18H20N2O3S/c1-12-4-5-15-10-17(19-11-18(15)20(12)13(2)21)14-6-8-16(9-7-14)24(3,22)23/h6-12H,4-5H2,1-3H3/t12-/m0/s1. The highest BCUT2D eigenvalue weighted by molar-refractivity contribution is 7.90. The SMILES string of the molecule is CC(=O)N1c2cnc(-c3ccc(S(C)(=O)=O)cc3)cc2CC[C@@H]1C. The first-order valence-electron chi connectivity index (χ1n) is 7.86. The number of hydrogen-bond acceptors (Lipinski definition) is 4. The Morgan fingerprint density at radius 3 is 2.50 bits per heavy atom. The van der Waals surface area contributed by atoms with Crippen LogP contribution in [0.3, 0.4) is 0 Å². The molecule has 1 atom stereocenters. The van der Waals surface area contributed by atoms with Crippen molar-refractivity contribution in [1.29, 1.82) is 0 Å². The lowest BCUT2D eigenvalue weighted by molar-refractivity contribution is -0.117. The molecule has 2 aromatic rings. The smallest absolute Gasteiger partial charge is 0.224 e. The Morgan fingerprint density at radius 2 is 1.92 bits per heavy atom. The molecule has 5 nitrogen and oxygen atoms in total. The number of rotatable bonds is 2. The fourth-order valence-electron chi connectivity index (χ4n) is 3.15. The summed E-state index contributed by atoms with van der Waals surface area (Å²) in [6.07, 6.45) is 4.75. The van der Waals surface area contributed by atoms with Crippen molar-refractivity contribution in [3.63, 3.8) is 0 Å². The molecule has 24 heavy (non-hydrogen) atoms. The van der Waals surface area contributed by atoms with Crippen LogP contribution in [0.15, 0.2) is 41.4 Å². The first kappa shape index (κ1) is 16.6. The van der Waals surface area contributed by atoms with Crippen LogP contribution < -0.4 is 4.90 Å². The summed E-state index contributed by atoms with van der Waals surface area (Å²) in [5, 5.41) is 0. The van der Waals surface area contributed by atoms with E-state index in [4.69, 9.17) is 0 Å². The van der Waals surface area contributed by atoms with Crippen LogP contribution in [-0.4, -0.2) is 31.6 Å². The molecule has 0 N–H and O–H groups in total. The molecule has 0 bridgehead atoms. The Bertz CT molecular complexity index is 889. The lowest BCUT2D eigenvalue weighted by Gasteiger charge is -2.34. The molecule has 0 saturated heterocycles. The molecule has 1 aromatic carbocycles. The van der Waals surface area contributed by atoms with Gasteiger partial charge in [-0.3, -0.25) is 9.78 Å². The number of aromatic nitrogens is 1. The quantitative estimate of drug-likeness (QED) is 0.840. The Labute approximate surface area is 142 Å². The number of aryl methyl sites for hydroxylation is 1. The number of anilines is 1. The van der Waals surface area contributed by atoms with Crippen LogP contribution in [0, 0.1) is 0 Å². The van der Waals surface area contributed by atoms with Gasteiger partial charge >= 0.3 is 0 Å². The number of sulfone groups is 1. The average Bonchev–Trinajstić information content (AvgIpc) is 2.53. The fourth-order valence-corrected chi connectivity index (χ4v) is 3.78. The zero-order valence-corrected chi connectivity index (χ0v) is 14.8. The minimum Gasteiger partial charge on any atom is -0.308 e. The Kier molecular flexibility index (Phi) is 4.17. The molecule has 0 aliphatic carbocycles. The van der Waals surface area contributed by atoms with Gasteiger partial charge in [0.25, 0.3) is 0 Å². The van der Waals surface area contributed by atoms with Crippen molar-refractivity contribution in [2.75, 3.05) is 11.2 Å². The van der Waals surface area contributed by atoms with Crippen LogP contribution in [0.25, 0.3) is 11.3 Å². The third-order valence-electron chi connectivity index (χ3n) is 4.42. The van der Waals surface area contributed by atoms with E-state index in [0.717, 1.165) is 35.3 Å². The number of pyridine rings is 1. The molecule has 0 unspecified atom stereocenters. The van der Waals surface area contributed by atoms with Crippen LogP contribution in [0.1, 0.15) is 25.8 Å². The van der Waals surface area contributed by atoms with Gasteiger partial charge in [-0.15, -0.1) is 0 Å². The molecule has 126 valence electrons. The number of carbonyl (C=O) groups excluding carboxylic acids is 1. The average molecular weight is 344 g/mol. The minimum absolute atomic E-state index is 0.0236. The fraction of sp³-hybridized carbons (Fsp3) is 0.333. The van der Waals surface area contributed by atoms with Crippen LogP contribution in [0.2, 0.25) is 0 Å². The molecule has 1 aromatic heterocycles. The van der Waals surface area contributed by atoms with E-state index in [1.54, 1.807) is 42.3 Å². The Hall–Kier alpha value is -2.21. The number of benzene rings is 1. The number of amides is 1. The van der Waals surface area contributed by atoms with Crippen molar-refractivity contribution in [2.24, 2.45) is 0 Å². The van der Waals surface area contributed by atoms with Crippen LogP contribution >= 0.6 is 0 Å². The van der Waals surface area contributed by atoms with Gasteiger partial charge in [0.15, 0.2) is 9.84 Å². The summed E-state index contributed by atoms with van der Waals surface area (Å²) in [5.41, 5.74) is 3.61. The molecule has 1 aliphatic rings. The first-order chi connectivity index (χ1) is 11.3. The molecule has 1 amide bonds. The van der Waals surface area contributed by atoms with Gasteiger partial charge in [-0.2, -0.15) is 0 Å². The summed E-state index contributed by atoms with van der Waals surface area (Å²) < 4.78 is 23.1. The van der Waals surface area contributed by atoms with Gasteiger partial charge in [0.05, 0.1) is 22.5 Å². The zero-order chi connectivity index (χ0) is 17.5. The summed E-state index contributed by atoms with van der Waals surface area (Å²) in [6, 6.07) is 8.88. The first-order valence-corrected chi connectivity index (χ1v) is 9.76. The van der Waals surface area contributed by atoms with E-state index in [2.05, 4.69) is 4.98 Å². The molecular formula is C18H20N2O3S. The van der Waals surface area contributed by atoms with Gasteiger partial charge in [-0.25, -0.2) is 8.42 Å². The van der Waals surface area contributed by atoms with Gasteiger partial charge in [0.1, 0.15) is 0 Å². The molecule has 6 heteroatoms. The highest BCUT2D eigenvalue weighted by Gasteiger charge is 2.26. The molecule has 0 fully saturated rings. The van der Waals surface area contributed by atoms with Crippen LogP contribution in [0.4, 0.5) is 5.69 Å². The number of hydrogen-bond donors (Lipinski definition) is 0. The molecule has 0 radical (unpaired) electrons. The summed E-state index contributed by atoms with van der Waals surface area (Å²) in [6.45, 7) is 3.62. The number of fused-ring (bicyclic) bond motifs is 1. The maximum absolute atomic E-state index is 11.9. The van der Waals surface area contributed by atoms with Crippen molar-refractivity contribution in [2.45, 2.75) is 37.6 Å². The van der Waals surface area contributed by atoms with Crippen molar-refractivity contribution in [1.82, 2.24) is 4.98 Å². The summed E-state index contributed by atoms with van der Waals surface area (Å²) in [4.78, 5) is 18.5. The second kappa shape index (κ2) is 6.02. The molecule has 0 saturated carbocycles. The van der Waals surface area contributed by atoms with E-state index in [1.807, 2.05) is 13.0 Å². The predicted molar refractivity (Wildman–Crippen MR) is 93.7 cm³/mol. The molecule has 3 rings (SSSR count). The molecule has 0 spiro atoms. The molecule has 1 aliphatic heterocycles. The van der Waals surface area contributed by atoms with Crippen molar-refractivity contribution >= 4 is 21.4 Å². The molecular weight excluding hydrogens is 324 g/mol. The van der Waals surface area contributed by atoms with E-state index in [9.17, 15) is 13.2 Å². The third kappa shape index (κ3) is 3.06. The second-order valence-electron chi connectivity index (χ2n) is 6.27. The van der Waals surface area contributed by atoms with Crippen molar-refractivity contribution < 1.29 is 13.2 Å². The maximum atomic E-state index is 11.9. The highest BCUT2D eigenvalue weighted by atomic mass is 32.2. The van der Waals surface area contributed by atoms with Crippen molar-refractivity contribution in [3.8, 4) is 11.3 Å². The van der Waals surface area contributed by atoms with E-state index < -0.39 is 9.84 Å². The zero-order valence-electron chi connectivity index (χ0n) is 14.0. The van der Waals surface area contributed by atoms with E-state index in [0.29, 0.717) is 4.90 Å². The van der Waals surface area contributed by atoms with Crippen LogP contribution in [-0.2, 0) is 21.1 Å². The minimum atomic E-state index is -3.20. The highest BCUT2D eigenvalue weighted by Crippen LogP contribution is 2.32. The summed E-state index contributed by atoms with van der Waals surface area (Å²) in [5.74, 6) is 0.0236. The van der Waals surface area contributed by atoms with Crippen molar-refractivity contribution in [3.05, 3.63) is 42.1 Å². The van der Waals surface area contributed by atoms with E-state index in [-0.39, 0.29) is 11.9 Å². The maximum Gasteiger partial charge on any atom is 0.224 e. The second-order valence-corrected chi connectivity index (χ2v) is 8.29. The van der Waals surface area contributed by atoms with Gasteiger partial charge < -0.3 is 4.90 Å². The third-order valence-corrected chi connectivity index (χ3v) is 5.54. The van der Waals surface area contributed by atoms with E-state index >= 15 is 0 Å². The molecule has 2 heterocycles. The largest absolute Gasteiger partial charge is 0.308 e. The lowest BCUT2D eigenvalue weighted by atomic mass is 9.96. The summed E-state index contributed by atoms with van der Waals surface area (Å²) >= 11 is 0. The van der Waals surface area contributed by atoms with Gasteiger partial charge in [0, 0.05) is 24.8 Å². The normalized spacial score (nSPS) is 17.5. The van der Waals surface area contributed by atoms with E-state index in [1.165, 1.54) is 6.26 Å². The Morgan fingerprint density at radius 1 is 1.25 bits per heavy atom. The Balaban J connectivity index is 1.99. The number of carbonyl (C=O) groups is 1. The van der Waals surface area contributed by atoms with Crippen LogP contribution in [0.5, 0.6) is 0 Å².